The van der Waals surface area contributed by atoms with Gasteiger partial charge in [-0.1, -0.05) is 19.1 Å². The quantitative estimate of drug-likeness (QED) is 0.728. The predicted octanol–water partition coefficient (Wildman–Crippen LogP) is 2.43. The molecule has 144 valence electrons. The first-order valence-corrected chi connectivity index (χ1v) is 8.68. The molecular formula is C20H24N2O5. The molecule has 0 fully saturated rings. The van der Waals surface area contributed by atoms with Gasteiger partial charge in [0.05, 0.1) is 25.3 Å². The second-order valence-electron chi connectivity index (χ2n) is 6.02. The standard InChI is InChI=1S/C20H24N2O5/c1-5-15-16(20(25)27-4)12(2)17(22-15)18(23)21-11-10-13-6-8-14(9-7-13)19(24)26-3/h6-9,22H,5,10-11H2,1-4H3,(H,21,23). The van der Waals surface area contributed by atoms with Crippen LogP contribution in [-0.4, -0.2) is 43.6 Å². The number of aromatic amines is 1. The van der Waals surface area contributed by atoms with Crippen LogP contribution in [0.5, 0.6) is 0 Å². The summed E-state index contributed by atoms with van der Waals surface area (Å²) in [5, 5.41) is 2.84. The van der Waals surface area contributed by atoms with E-state index in [4.69, 9.17) is 4.74 Å². The highest BCUT2D eigenvalue weighted by Crippen LogP contribution is 2.20. The normalized spacial score (nSPS) is 10.4. The number of hydrogen-bond acceptors (Lipinski definition) is 5. The number of benzene rings is 1. The van der Waals surface area contributed by atoms with Crippen LogP contribution in [-0.2, 0) is 22.3 Å². The molecule has 1 amide bonds. The number of aryl methyl sites for hydroxylation is 1. The number of hydrogen-bond donors (Lipinski definition) is 2. The molecule has 0 saturated carbocycles. The number of carbonyl (C=O) groups excluding carboxylic acids is 3. The summed E-state index contributed by atoms with van der Waals surface area (Å²) in [6.07, 6.45) is 1.20. The van der Waals surface area contributed by atoms with Crippen molar-refractivity contribution in [3.05, 3.63) is 57.9 Å². The van der Waals surface area contributed by atoms with Crippen LogP contribution < -0.4 is 5.32 Å². The van der Waals surface area contributed by atoms with Crippen molar-refractivity contribution in [3.8, 4) is 0 Å². The van der Waals surface area contributed by atoms with Gasteiger partial charge in [0, 0.05) is 12.2 Å². The topological polar surface area (TPSA) is 97.5 Å². The Morgan fingerprint density at radius 2 is 1.67 bits per heavy atom. The Morgan fingerprint density at radius 1 is 1.04 bits per heavy atom. The zero-order valence-corrected chi connectivity index (χ0v) is 16.0. The summed E-state index contributed by atoms with van der Waals surface area (Å²) in [6.45, 7) is 4.05. The minimum atomic E-state index is -0.453. The van der Waals surface area contributed by atoms with E-state index in [2.05, 4.69) is 15.0 Å². The van der Waals surface area contributed by atoms with E-state index < -0.39 is 5.97 Å². The second kappa shape index (κ2) is 9.02. The number of nitrogens with one attached hydrogen (secondary N) is 2. The van der Waals surface area contributed by atoms with Crippen LogP contribution in [0, 0.1) is 6.92 Å². The van der Waals surface area contributed by atoms with Gasteiger partial charge in [-0.3, -0.25) is 4.79 Å². The zero-order valence-electron chi connectivity index (χ0n) is 16.0. The monoisotopic (exact) mass is 372 g/mol. The third kappa shape index (κ3) is 4.55. The van der Waals surface area contributed by atoms with Crippen LogP contribution in [0.15, 0.2) is 24.3 Å². The first-order valence-electron chi connectivity index (χ1n) is 8.68. The van der Waals surface area contributed by atoms with E-state index in [0.29, 0.717) is 47.5 Å². The summed E-state index contributed by atoms with van der Waals surface area (Å²) in [5.74, 6) is -1.11. The summed E-state index contributed by atoms with van der Waals surface area (Å²) in [6, 6.07) is 7.02. The molecule has 0 bridgehead atoms. The molecular weight excluding hydrogens is 348 g/mol. The van der Waals surface area contributed by atoms with E-state index in [1.807, 2.05) is 19.1 Å². The maximum atomic E-state index is 12.5. The third-order valence-electron chi connectivity index (χ3n) is 4.37. The minimum Gasteiger partial charge on any atom is -0.465 e. The van der Waals surface area contributed by atoms with Crippen molar-refractivity contribution in [2.24, 2.45) is 0 Å². The molecule has 0 spiro atoms. The SMILES string of the molecule is CCc1[nH]c(C(=O)NCCc2ccc(C(=O)OC)cc2)c(C)c1C(=O)OC. The molecule has 0 aliphatic rings. The molecule has 2 N–H and O–H groups in total. The average molecular weight is 372 g/mol. The lowest BCUT2D eigenvalue weighted by molar-refractivity contribution is 0.0590. The number of esters is 2. The van der Waals surface area contributed by atoms with E-state index in [1.165, 1.54) is 14.2 Å². The van der Waals surface area contributed by atoms with Crippen molar-refractivity contribution in [2.45, 2.75) is 26.7 Å². The Labute approximate surface area is 158 Å². The van der Waals surface area contributed by atoms with Crippen molar-refractivity contribution in [1.29, 1.82) is 0 Å². The molecule has 7 nitrogen and oxygen atoms in total. The highest BCUT2D eigenvalue weighted by atomic mass is 16.5. The number of H-pyrrole nitrogens is 1. The molecule has 2 rings (SSSR count). The molecule has 0 aliphatic carbocycles. The van der Waals surface area contributed by atoms with Gasteiger partial charge >= 0.3 is 11.9 Å². The van der Waals surface area contributed by atoms with Crippen LogP contribution in [0.3, 0.4) is 0 Å². The zero-order chi connectivity index (χ0) is 20.0. The second-order valence-corrected chi connectivity index (χ2v) is 6.02. The van der Waals surface area contributed by atoms with Crippen molar-refractivity contribution < 1.29 is 23.9 Å². The Morgan fingerprint density at radius 3 is 2.22 bits per heavy atom. The van der Waals surface area contributed by atoms with Gasteiger partial charge in [0.15, 0.2) is 0 Å². The maximum Gasteiger partial charge on any atom is 0.339 e. The van der Waals surface area contributed by atoms with Crippen LogP contribution in [0.4, 0.5) is 0 Å². The van der Waals surface area contributed by atoms with Gasteiger partial charge in [-0.2, -0.15) is 0 Å². The van der Waals surface area contributed by atoms with Crippen LogP contribution in [0.2, 0.25) is 0 Å². The van der Waals surface area contributed by atoms with Crippen molar-refractivity contribution in [1.82, 2.24) is 10.3 Å². The van der Waals surface area contributed by atoms with Crippen LogP contribution in [0.1, 0.15) is 54.9 Å². The largest absolute Gasteiger partial charge is 0.465 e. The Kier molecular flexibility index (Phi) is 6.76. The molecule has 7 heteroatoms. The van der Waals surface area contributed by atoms with Gasteiger partial charge in [0.1, 0.15) is 5.69 Å². The van der Waals surface area contributed by atoms with Crippen molar-refractivity contribution in [3.63, 3.8) is 0 Å². The van der Waals surface area contributed by atoms with Crippen LogP contribution >= 0.6 is 0 Å². The molecule has 0 radical (unpaired) electrons. The molecule has 0 unspecified atom stereocenters. The highest BCUT2D eigenvalue weighted by molar-refractivity contribution is 6.00. The molecule has 0 aliphatic heterocycles. The van der Waals surface area contributed by atoms with E-state index in [9.17, 15) is 14.4 Å². The van der Waals surface area contributed by atoms with E-state index in [0.717, 1.165) is 5.56 Å². The molecule has 0 atom stereocenters. The number of aromatic nitrogens is 1. The number of rotatable bonds is 7. The minimum absolute atomic E-state index is 0.275. The molecule has 1 aromatic heterocycles. The summed E-state index contributed by atoms with van der Waals surface area (Å²) < 4.78 is 9.46. The summed E-state index contributed by atoms with van der Waals surface area (Å²) >= 11 is 0. The summed E-state index contributed by atoms with van der Waals surface area (Å²) in [4.78, 5) is 38.9. The lowest BCUT2D eigenvalue weighted by atomic mass is 10.1. The van der Waals surface area contributed by atoms with Gasteiger partial charge < -0.3 is 19.8 Å². The Balaban J connectivity index is 2.01. The van der Waals surface area contributed by atoms with Crippen LogP contribution in [0.25, 0.3) is 0 Å². The van der Waals surface area contributed by atoms with Crippen molar-refractivity contribution >= 4 is 17.8 Å². The summed E-state index contributed by atoms with van der Waals surface area (Å²) in [5.41, 5.74) is 3.52. The van der Waals surface area contributed by atoms with Gasteiger partial charge in [0.25, 0.3) is 5.91 Å². The fraction of sp³-hybridized carbons (Fsp3) is 0.350. The van der Waals surface area contributed by atoms with E-state index >= 15 is 0 Å². The molecule has 0 saturated heterocycles. The predicted molar refractivity (Wildman–Crippen MR) is 100 cm³/mol. The van der Waals surface area contributed by atoms with Gasteiger partial charge in [0.2, 0.25) is 0 Å². The fourth-order valence-corrected chi connectivity index (χ4v) is 2.86. The molecule has 27 heavy (non-hydrogen) atoms. The number of carbonyl (C=O) groups is 3. The molecule has 1 heterocycles. The van der Waals surface area contributed by atoms with Gasteiger partial charge in [-0.25, -0.2) is 9.59 Å². The van der Waals surface area contributed by atoms with Gasteiger partial charge in [-0.05, 0) is 43.0 Å². The maximum absolute atomic E-state index is 12.5. The van der Waals surface area contributed by atoms with E-state index in [1.54, 1.807) is 19.1 Å². The number of amides is 1. The third-order valence-corrected chi connectivity index (χ3v) is 4.37. The Hall–Kier alpha value is -3.09. The molecule has 1 aromatic carbocycles. The fourth-order valence-electron chi connectivity index (χ4n) is 2.86. The first-order chi connectivity index (χ1) is 12.9. The average Bonchev–Trinajstić information content (AvgIpc) is 3.03. The molecule has 2 aromatic rings. The first kappa shape index (κ1) is 20.2. The lowest BCUT2D eigenvalue weighted by Gasteiger charge is -2.06. The van der Waals surface area contributed by atoms with Crippen molar-refractivity contribution in [2.75, 3.05) is 20.8 Å². The smallest absolute Gasteiger partial charge is 0.339 e. The highest BCUT2D eigenvalue weighted by Gasteiger charge is 2.23. The number of methoxy groups -OCH3 is 2. The van der Waals surface area contributed by atoms with E-state index in [-0.39, 0.29) is 11.9 Å². The summed E-state index contributed by atoms with van der Waals surface area (Å²) in [7, 11) is 2.66. The number of ether oxygens (including phenoxy) is 2. The van der Waals surface area contributed by atoms with Gasteiger partial charge in [-0.15, -0.1) is 0 Å². The Bertz CT molecular complexity index is 837. The lowest BCUT2D eigenvalue weighted by Crippen LogP contribution is -2.26.